The van der Waals surface area contributed by atoms with E-state index < -0.39 is 0 Å². The SMILES string of the molecule is Cc1ccc(C)c(OCCCN2CCC(O)C(C)C2)c1. The van der Waals surface area contributed by atoms with Crippen molar-refractivity contribution in [3.8, 4) is 5.75 Å². The largest absolute Gasteiger partial charge is 0.493 e. The van der Waals surface area contributed by atoms with E-state index in [-0.39, 0.29) is 6.10 Å². The molecule has 2 unspecified atom stereocenters. The number of nitrogens with zero attached hydrogens (tertiary/aromatic N) is 1. The van der Waals surface area contributed by atoms with Crippen molar-refractivity contribution in [1.29, 1.82) is 0 Å². The lowest BCUT2D eigenvalue weighted by atomic mass is 9.97. The molecule has 1 heterocycles. The van der Waals surface area contributed by atoms with Crippen LogP contribution in [0, 0.1) is 19.8 Å². The summed E-state index contributed by atoms with van der Waals surface area (Å²) in [5.74, 6) is 1.40. The molecule has 0 saturated carbocycles. The molecule has 112 valence electrons. The van der Waals surface area contributed by atoms with Crippen molar-refractivity contribution in [3.63, 3.8) is 0 Å². The predicted molar refractivity (Wildman–Crippen MR) is 82.3 cm³/mol. The Morgan fingerprint density at radius 1 is 1.35 bits per heavy atom. The van der Waals surface area contributed by atoms with Gasteiger partial charge in [0, 0.05) is 19.6 Å². The Morgan fingerprint density at radius 3 is 2.90 bits per heavy atom. The van der Waals surface area contributed by atoms with Crippen molar-refractivity contribution < 1.29 is 9.84 Å². The number of benzene rings is 1. The van der Waals surface area contributed by atoms with Crippen molar-refractivity contribution >= 4 is 0 Å². The normalized spacial score (nSPS) is 23.8. The van der Waals surface area contributed by atoms with E-state index in [9.17, 15) is 5.11 Å². The molecule has 0 aliphatic carbocycles. The third-order valence-electron chi connectivity index (χ3n) is 4.16. The molecule has 0 spiro atoms. The van der Waals surface area contributed by atoms with Gasteiger partial charge in [0.05, 0.1) is 12.7 Å². The van der Waals surface area contributed by atoms with E-state index in [2.05, 4.69) is 43.9 Å². The first-order chi connectivity index (χ1) is 9.56. The number of aryl methyl sites for hydroxylation is 2. The molecule has 3 nitrogen and oxygen atoms in total. The standard InChI is InChI=1S/C17H27NO2/c1-13-5-6-14(2)17(11-13)20-10-4-8-18-9-7-16(19)15(3)12-18/h5-6,11,15-16,19H,4,7-10,12H2,1-3H3. The van der Waals surface area contributed by atoms with Crippen LogP contribution in [-0.4, -0.2) is 42.4 Å². The highest BCUT2D eigenvalue weighted by Gasteiger charge is 2.23. The fourth-order valence-electron chi connectivity index (χ4n) is 2.76. The molecule has 1 aromatic rings. The third kappa shape index (κ3) is 4.22. The van der Waals surface area contributed by atoms with Crippen molar-refractivity contribution in [3.05, 3.63) is 29.3 Å². The number of ether oxygens (including phenoxy) is 1. The van der Waals surface area contributed by atoms with Gasteiger partial charge in [-0.15, -0.1) is 0 Å². The topological polar surface area (TPSA) is 32.7 Å². The Hall–Kier alpha value is -1.06. The van der Waals surface area contributed by atoms with Gasteiger partial charge < -0.3 is 14.7 Å². The van der Waals surface area contributed by atoms with Crippen LogP contribution < -0.4 is 4.74 Å². The summed E-state index contributed by atoms with van der Waals surface area (Å²) in [6, 6.07) is 6.33. The molecule has 1 fully saturated rings. The quantitative estimate of drug-likeness (QED) is 0.840. The third-order valence-corrected chi connectivity index (χ3v) is 4.16. The molecular formula is C17H27NO2. The van der Waals surface area contributed by atoms with Crippen LogP contribution in [0.1, 0.15) is 30.9 Å². The fourth-order valence-corrected chi connectivity index (χ4v) is 2.76. The molecule has 2 rings (SSSR count). The maximum absolute atomic E-state index is 9.72. The maximum Gasteiger partial charge on any atom is 0.122 e. The molecule has 1 aliphatic rings. The van der Waals surface area contributed by atoms with Gasteiger partial charge in [-0.1, -0.05) is 19.1 Å². The van der Waals surface area contributed by atoms with E-state index in [0.717, 1.165) is 44.8 Å². The summed E-state index contributed by atoms with van der Waals surface area (Å²) in [5, 5.41) is 9.72. The van der Waals surface area contributed by atoms with Crippen LogP contribution in [0.4, 0.5) is 0 Å². The molecular weight excluding hydrogens is 250 g/mol. The van der Waals surface area contributed by atoms with Crippen LogP contribution in [0.15, 0.2) is 18.2 Å². The molecule has 1 aliphatic heterocycles. The summed E-state index contributed by atoms with van der Waals surface area (Å²) >= 11 is 0. The lowest BCUT2D eigenvalue weighted by molar-refractivity contribution is 0.0334. The number of rotatable bonds is 5. The summed E-state index contributed by atoms with van der Waals surface area (Å²) in [6.45, 7) is 10.1. The molecule has 1 N–H and O–H groups in total. The van der Waals surface area contributed by atoms with Gasteiger partial charge >= 0.3 is 0 Å². The smallest absolute Gasteiger partial charge is 0.122 e. The van der Waals surface area contributed by atoms with Crippen LogP contribution in [0.3, 0.4) is 0 Å². The lowest BCUT2D eigenvalue weighted by Crippen LogP contribution is -2.42. The van der Waals surface area contributed by atoms with Gasteiger partial charge in [0.2, 0.25) is 0 Å². The summed E-state index contributed by atoms with van der Waals surface area (Å²) in [5.41, 5.74) is 2.44. The number of piperidine rings is 1. The number of aliphatic hydroxyl groups is 1. The number of likely N-dealkylation sites (tertiary alicyclic amines) is 1. The fraction of sp³-hybridized carbons (Fsp3) is 0.647. The van der Waals surface area contributed by atoms with Gasteiger partial charge in [0.25, 0.3) is 0 Å². The highest BCUT2D eigenvalue weighted by molar-refractivity contribution is 5.35. The van der Waals surface area contributed by atoms with E-state index in [1.54, 1.807) is 0 Å². The zero-order valence-electron chi connectivity index (χ0n) is 12.9. The minimum Gasteiger partial charge on any atom is -0.493 e. The lowest BCUT2D eigenvalue weighted by Gasteiger charge is -2.34. The molecule has 0 amide bonds. The summed E-state index contributed by atoms with van der Waals surface area (Å²) in [7, 11) is 0. The van der Waals surface area contributed by atoms with E-state index in [0.29, 0.717) is 5.92 Å². The Labute approximate surface area is 122 Å². The second kappa shape index (κ2) is 7.09. The summed E-state index contributed by atoms with van der Waals surface area (Å²) in [6.07, 6.45) is 1.83. The van der Waals surface area contributed by atoms with Crippen LogP contribution >= 0.6 is 0 Å². The number of aliphatic hydroxyl groups excluding tert-OH is 1. The van der Waals surface area contributed by atoms with E-state index in [4.69, 9.17) is 4.74 Å². The molecule has 20 heavy (non-hydrogen) atoms. The Morgan fingerprint density at radius 2 is 2.15 bits per heavy atom. The van der Waals surface area contributed by atoms with E-state index in [1.165, 1.54) is 11.1 Å². The van der Waals surface area contributed by atoms with Crippen molar-refractivity contribution in [2.45, 2.75) is 39.7 Å². The molecule has 3 heteroatoms. The average Bonchev–Trinajstić information content (AvgIpc) is 2.42. The van der Waals surface area contributed by atoms with Gasteiger partial charge in [0.15, 0.2) is 0 Å². The first-order valence-corrected chi connectivity index (χ1v) is 7.66. The number of hydrogen-bond donors (Lipinski definition) is 1. The highest BCUT2D eigenvalue weighted by atomic mass is 16.5. The zero-order valence-corrected chi connectivity index (χ0v) is 12.9. The highest BCUT2D eigenvalue weighted by Crippen LogP contribution is 2.20. The van der Waals surface area contributed by atoms with Crippen LogP contribution in [0.5, 0.6) is 5.75 Å². The Balaban J connectivity index is 1.70. The first-order valence-electron chi connectivity index (χ1n) is 7.66. The van der Waals surface area contributed by atoms with Crippen molar-refractivity contribution in [2.24, 2.45) is 5.92 Å². The maximum atomic E-state index is 9.72. The molecule has 0 radical (unpaired) electrons. The second-order valence-corrected chi connectivity index (χ2v) is 6.10. The van der Waals surface area contributed by atoms with Gasteiger partial charge in [-0.2, -0.15) is 0 Å². The van der Waals surface area contributed by atoms with Gasteiger partial charge in [0.1, 0.15) is 5.75 Å². The van der Waals surface area contributed by atoms with Crippen molar-refractivity contribution in [2.75, 3.05) is 26.2 Å². The minimum absolute atomic E-state index is 0.113. The van der Waals surface area contributed by atoms with Gasteiger partial charge in [-0.3, -0.25) is 0 Å². The zero-order chi connectivity index (χ0) is 14.5. The summed E-state index contributed by atoms with van der Waals surface area (Å²) in [4.78, 5) is 2.43. The Bertz CT molecular complexity index is 433. The predicted octanol–water partition coefficient (Wildman–Crippen LogP) is 2.78. The monoisotopic (exact) mass is 277 g/mol. The molecule has 1 saturated heterocycles. The number of hydrogen-bond acceptors (Lipinski definition) is 3. The van der Waals surface area contributed by atoms with Crippen molar-refractivity contribution in [1.82, 2.24) is 4.90 Å². The Kier molecular flexibility index (Phi) is 5.44. The molecule has 2 atom stereocenters. The van der Waals surface area contributed by atoms with Gasteiger partial charge in [-0.25, -0.2) is 0 Å². The molecule has 1 aromatic carbocycles. The van der Waals surface area contributed by atoms with E-state index in [1.807, 2.05) is 0 Å². The second-order valence-electron chi connectivity index (χ2n) is 6.10. The molecule has 0 bridgehead atoms. The van der Waals surface area contributed by atoms with Gasteiger partial charge in [-0.05, 0) is 49.8 Å². The first kappa shape index (κ1) is 15.3. The van der Waals surface area contributed by atoms with Crippen LogP contribution in [0.2, 0.25) is 0 Å². The molecule has 0 aromatic heterocycles. The van der Waals surface area contributed by atoms with E-state index >= 15 is 0 Å². The minimum atomic E-state index is -0.113. The van der Waals surface area contributed by atoms with Crippen LogP contribution in [0.25, 0.3) is 0 Å². The van der Waals surface area contributed by atoms with Crippen LogP contribution in [-0.2, 0) is 0 Å². The summed E-state index contributed by atoms with van der Waals surface area (Å²) < 4.78 is 5.88. The average molecular weight is 277 g/mol.